The molecule has 2 spiro atoms. The first kappa shape index (κ1) is 15.7. The van der Waals surface area contributed by atoms with E-state index in [9.17, 15) is 4.79 Å². The molecule has 0 bridgehead atoms. The summed E-state index contributed by atoms with van der Waals surface area (Å²) in [5.41, 5.74) is 1.40. The number of benzene rings is 1. The van der Waals surface area contributed by atoms with E-state index in [0.29, 0.717) is 5.41 Å². The molecule has 2 saturated carbocycles. The maximum Gasteiger partial charge on any atom is 0.224 e. The van der Waals surface area contributed by atoms with Crippen LogP contribution in [0, 0.1) is 11.3 Å². The molecule has 3 fully saturated rings. The molecule has 1 aromatic carbocycles. The number of nitrogens with one attached hydrogen (secondary N) is 2. The van der Waals surface area contributed by atoms with Crippen LogP contribution in [0.25, 0.3) is 0 Å². The molecule has 2 aliphatic carbocycles. The molecule has 1 saturated heterocycles. The van der Waals surface area contributed by atoms with Crippen molar-refractivity contribution in [3.63, 3.8) is 0 Å². The number of amides is 1. The number of carbonyl (C=O) groups is 1. The summed E-state index contributed by atoms with van der Waals surface area (Å²) in [5, 5.41) is 6.84. The zero-order valence-electron chi connectivity index (χ0n) is 14.9. The van der Waals surface area contributed by atoms with Gasteiger partial charge in [0.25, 0.3) is 0 Å². The van der Waals surface area contributed by atoms with E-state index in [1.165, 1.54) is 12.8 Å². The lowest BCUT2D eigenvalue weighted by Gasteiger charge is -2.40. The number of hydrogen-bond donors (Lipinski definition) is 2. The zero-order chi connectivity index (χ0) is 16.9. The average Bonchev–Trinajstić information content (AvgIpc) is 3.13. The highest BCUT2D eigenvalue weighted by atomic mass is 16.5. The van der Waals surface area contributed by atoms with Crippen LogP contribution in [0.3, 0.4) is 0 Å². The van der Waals surface area contributed by atoms with Crippen LogP contribution in [0.5, 0.6) is 5.75 Å². The van der Waals surface area contributed by atoms with E-state index in [0.717, 1.165) is 62.9 Å². The number of ether oxygens (including phenoxy) is 1. The van der Waals surface area contributed by atoms with Crippen LogP contribution < -0.4 is 15.4 Å². The Morgan fingerprint density at radius 2 is 1.84 bits per heavy atom. The first-order valence-electron chi connectivity index (χ1n) is 9.99. The van der Waals surface area contributed by atoms with Crippen LogP contribution in [0.4, 0.5) is 0 Å². The summed E-state index contributed by atoms with van der Waals surface area (Å²) in [6.45, 7) is 2.12. The molecule has 2 heterocycles. The van der Waals surface area contributed by atoms with Gasteiger partial charge in [0.05, 0.1) is 6.04 Å². The summed E-state index contributed by atoms with van der Waals surface area (Å²) in [6.07, 6.45) is 9.02. The molecular formula is C21H28N2O2. The second-order valence-electron chi connectivity index (χ2n) is 8.66. The first-order chi connectivity index (χ1) is 12.2. The Morgan fingerprint density at radius 3 is 2.64 bits per heavy atom. The molecule has 0 aromatic heterocycles. The average molecular weight is 340 g/mol. The minimum Gasteiger partial charge on any atom is -0.487 e. The Bertz CT molecular complexity index is 674. The van der Waals surface area contributed by atoms with Gasteiger partial charge in [-0.2, -0.15) is 0 Å². The lowest BCUT2D eigenvalue weighted by molar-refractivity contribution is -0.124. The van der Waals surface area contributed by atoms with Gasteiger partial charge in [-0.25, -0.2) is 0 Å². The van der Waals surface area contributed by atoms with Gasteiger partial charge < -0.3 is 15.4 Å². The number of piperidine rings is 1. The molecule has 2 aliphatic heterocycles. The standard InChI is InChI=1S/C21H28N2O2/c24-19(16-13-20(16)9-11-22-12-10-20)23-17-14-21(7-3-4-8-21)25-18-6-2-1-5-15(17)18/h1-2,5-6,16-17,22H,3-4,7-14H2,(H,23,24). The van der Waals surface area contributed by atoms with Gasteiger partial charge in [-0.1, -0.05) is 18.2 Å². The van der Waals surface area contributed by atoms with Crippen molar-refractivity contribution in [3.05, 3.63) is 29.8 Å². The van der Waals surface area contributed by atoms with Gasteiger partial charge in [-0.05, 0) is 69.5 Å². The summed E-state index contributed by atoms with van der Waals surface area (Å²) >= 11 is 0. The van der Waals surface area contributed by atoms with E-state index >= 15 is 0 Å². The monoisotopic (exact) mass is 340 g/mol. The van der Waals surface area contributed by atoms with Crippen molar-refractivity contribution in [2.75, 3.05) is 13.1 Å². The van der Waals surface area contributed by atoms with E-state index in [1.807, 2.05) is 6.07 Å². The van der Waals surface area contributed by atoms with Crippen molar-refractivity contribution in [2.45, 2.75) is 63.0 Å². The fraction of sp³-hybridized carbons (Fsp3) is 0.667. The molecule has 2 N–H and O–H groups in total. The minimum absolute atomic E-state index is 0.0533. The van der Waals surface area contributed by atoms with Crippen molar-refractivity contribution in [3.8, 4) is 5.75 Å². The maximum atomic E-state index is 13.0. The Hall–Kier alpha value is -1.55. The third-order valence-electron chi connectivity index (χ3n) is 7.13. The molecule has 5 rings (SSSR count). The fourth-order valence-corrected chi connectivity index (χ4v) is 5.54. The Kier molecular flexibility index (Phi) is 3.60. The van der Waals surface area contributed by atoms with E-state index in [1.54, 1.807) is 0 Å². The highest BCUT2D eigenvalue weighted by Crippen LogP contribution is 2.59. The van der Waals surface area contributed by atoms with E-state index in [4.69, 9.17) is 4.74 Å². The van der Waals surface area contributed by atoms with Crippen LogP contribution in [-0.2, 0) is 4.79 Å². The quantitative estimate of drug-likeness (QED) is 0.868. The molecule has 4 aliphatic rings. The minimum atomic E-state index is -0.0533. The van der Waals surface area contributed by atoms with Crippen LogP contribution in [0.2, 0.25) is 0 Å². The van der Waals surface area contributed by atoms with Crippen molar-refractivity contribution in [2.24, 2.45) is 11.3 Å². The Morgan fingerprint density at radius 1 is 1.08 bits per heavy atom. The molecule has 2 atom stereocenters. The van der Waals surface area contributed by atoms with Crippen LogP contribution in [-0.4, -0.2) is 24.6 Å². The Balaban J connectivity index is 1.35. The SMILES string of the molecule is O=C(NC1CC2(CCCC2)Oc2ccccc21)C1CC12CCNCC2. The molecule has 0 radical (unpaired) electrons. The second-order valence-corrected chi connectivity index (χ2v) is 8.66. The highest BCUT2D eigenvalue weighted by molar-refractivity contribution is 5.83. The van der Waals surface area contributed by atoms with Gasteiger partial charge >= 0.3 is 0 Å². The van der Waals surface area contributed by atoms with Gasteiger partial charge in [-0.15, -0.1) is 0 Å². The summed E-state index contributed by atoms with van der Waals surface area (Å²) in [6, 6.07) is 8.39. The number of hydrogen-bond acceptors (Lipinski definition) is 3. The number of rotatable bonds is 2. The normalized spacial score (nSPS) is 31.4. The summed E-state index contributed by atoms with van der Waals surface area (Å²) in [4.78, 5) is 13.0. The Labute approximate surface area is 149 Å². The molecule has 4 heteroatoms. The predicted molar refractivity (Wildman–Crippen MR) is 96.4 cm³/mol. The highest BCUT2D eigenvalue weighted by Gasteiger charge is 2.58. The lowest BCUT2D eigenvalue weighted by atomic mass is 9.85. The lowest BCUT2D eigenvalue weighted by Crippen LogP contribution is -2.44. The van der Waals surface area contributed by atoms with Crippen LogP contribution in [0.1, 0.15) is 63.0 Å². The number of fused-ring (bicyclic) bond motifs is 1. The summed E-state index contributed by atoms with van der Waals surface area (Å²) in [5.74, 6) is 1.48. The van der Waals surface area contributed by atoms with E-state index in [2.05, 4.69) is 28.8 Å². The predicted octanol–water partition coefficient (Wildman–Crippen LogP) is 3.33. The zero-order valence-corrected chi connectivity index (χ0v) is 14.9. The molecule has 1 aromatic rings. The van der Waals surface area contributed by atoms with Gasteiger partial charge in [0, 0.05) is 17.9 Å². The van der Waals surface area contributed by atoms with Crippen molar-refractivity contribution in [1.29, 1.82) is 0 Å². The van der Waals surface area contributed by atoms with Crippen molar-refractivity contribution < 1.29 is 9.53 Å². The smallest absolute Gasteiger partial charge is 0.224 e. The van der Waals surface area contributed by atoms with Crippen molar-refractivity contribution in [1.82, 2.24) is 10.6 Å². The largest absolute Gasteiger partial charge is 0.487 e. The summed E-state index contributed by atoms with van der Waals surface area (Å²) < 4.78 is 6.42. The third-order valence-corrected chi connectivity index (χ3v) is 7.13. The summed E-state index contributed by atoms with van der Waals surface area (Å²) in [7, 11) is 0. The van der Waals surface area contributed by atoms with Crippen LogP contribution in [0.15, 0.2) is 24.3 Å². The van der Waals surface area contributed by atoms with Gasteiger partial charge in [-0.3, -0.25) is 4.79 Å². The van der Waals surface area contributed by atoms with E-state index in [-0.39, 0.29) is 23.5 Å². The van der Waals surface area contributed by atoms with Crippen molar-refractivity contribution >= 4 is 5.91 Å². The van der Waals surface area contributed by atoms with E-state index < -0.39 is 0 Å². The van der Waals surface area contributed by atoms with Crippen LogP contribution >= 0.6 is 0 Å². The topological polar surface area (TPSA) is 50.4 Å². The molecule has 134 valence electrons. The van der Waals surface area contributed by atoms with Gasteiger partial charge in [0.2, 0.25) is 5.91 Å². The third kappa shape index (κ3) is 2.66. The molecule has 4 nitrogen and oxygen atoms in total. The molecule has 2 unspecified atom stereocenters. The van der Waals surface area contributed by atoms with Gasteiger partial charge in [0.1, 0.15) is 11.4 Å². The fourth-order valence-electron chi connectivity index (χ4n) is 5.54. The molecule has 25 heavy (non-hydrogen) atoms. The number of para-hydroxylation sites is 1. The first-order valence-corrected chi connectivity index (χ1v) is 9.99. The second kappa shape index (κ2) is 5.73. The number of carbonyl (C=O) groups excluding carboxylic acids is 1. The maximum absolute atomic E-state index is 13.0. The van der Waals surface area contributed by atoms with Gasteiger partial charge in [0.15, 0.2) is 0 Å². The molecule has 1 amide bonds. The molecular weight excluding hydrogens is 312 g/mol.